The SMILES string of the molecule is CC1CC1C(=O)N(C)C(c1cccc(F)c1)c1ccccn1. The molecule has 1 aliphatic carbocycles. The molecule has 1 aliphatic rings. The fourth-order valence-electron chi connectivity index (χ4n) is 2.86. The monoisotopic (exact) mass is 298 g/mol. The molecule has 0 radical (unpaired) electrons. The van der Waals surface area contributed by atoms with Crippen LogP contribution >= 0.6 is 0 Å². The van der Waals surface area contributed by atoms with Crippen LogP contribution in [0.3, 0.4) is 0 Å². The minimum absolute atomic E-state index is 0.0878. The molecule has 1 heterocycles. The summed E-state index contributed by atoms with van der Waals surface area (Å²) in [6.45, 7) is 2.08. The normalized spacial score (nSPS) is 21.2. The number of hydrogen-bond donors (Lipinski definition) is 0. The molecule has 0 bridgehead atoms. The fraction of sp³-hybridized carbons (Fsp3) is 0.333. The van der Waals surface area contributed by atoms with E-state index in [4.69, 9.17) is 0 Å². The molecule has 4 heteroatoms. The van der Waals surface area contributed by atoms with Gasteiger partial charge in [-0.1, -0.05) is 25.1 Å². The average molecular weight is 298 g/mol. The van der Waals surface area contributed by atoms with Crippen molar-refractivity contribution < 1.29 is 9.18 Å². The van der Waals surface area contributed by atoms with E-state index in [0.29, 0.717) is 5.92 Å². The van der Waals surface area contributed by atoms with Gasteiger partial charge in [-0.3, -0.25) is 9.78 Å². The number of carbonyl (C=O) groups is 1. The van der Waals surface area contributed by atoms with Crippen molar-refractivity contribution in [3.63, 3.8) is 0 Å². The largest absolute Gasteiger partial charge is 0.333 e. The third kappa shape index (κ3) is 2.86. The van der Waals surface area contributed by atoms with E-state index >= 15 is 0 Å². The van der Waals surface area contributed by atoms with Crippen LogP contribution in [0.25, 0.3) is 0 Å². The summed E-state index contributed by atoms with van der Waals surface area (Å²) >= 11 is 0. The summed E-state index contributed by atoms with van der Waals surface area (Å²) in [4.78, 5) is 18.7. The highest BCUT2D eigenvalue weighted by atomic mass is 19.1. The van der Waals surface area contributed by atoms with E-state index in [-0.39, 0.29) is 23.7 Å². The predicted molar refractivity (Wildman–Crippen MR) is 82.5 cm³/mol. The highest BCUT2D eigenvalue weighted by Gasteiger charge is 2.42. The quantitative estimate of drug-likeness (QED) is 0.866. The minimum Gasteiger partial charge on any atom is -0.333 e. The van der Waals surface area contributed by atoms with Crippen LogP contribution in [-0.2, 0) is 4.79 Å². The van der Waals surface area contributed by atoms with Crippen molar-refractivity contribution in [2.45, 2.75) is 19.4 Å². The number of aromatic nitrogens is 1. The summed E-state index contributed by atoms with van der Waals surface area (Å²) < 4.78 is 13.6. The summed E-state index contributed by atoms with van der Waals surface area (Å²) in [5.41, 5.74) is 1.49. The summed E-state index contributed by atoms with van der Waals surface area (Å²) in [5, 5.41) is 0. The topological polar surface area (TPSA) is 33.2 Å². The first-order valence-corrected chi connectivity index (χ1v) is 7.51. The minimum atomic E-state index is -0.364. The van der Waals surface area contributed by atoms with Crippen molar-refractivity contribution >= 4 is 5.91 Å². The van der Waals surface area contributed by atoms with Gasteiger partial charge in [0.2, 0.25) is 5.91 Å². The van der Waals surface area contributed by atoms with Gasteiger partial charge in [0, 0.05) is 19.2 Å². The van der Waals surface area contributed by atoms with E-state index in [1.54, 1.807) is 24.2 Å². The van der Waals surface area contributed by atoms with Crippen LogP contribution in [0.5, 0.6) is 0 Å². The van der Waals surface area contributed by atoms with E-state index in [0.717, 1.165) is 17.7 Å². The molecule has 0 spiro atoms. The molecule has 0 N–H and O–H groups in total. The van der Waals surface area contributed by atoms with E-state index < -0.39 is 0 Å². The number of pyridine rings is 1. The number of nitrogens with zero attached hydrogens (tertiary/aromatic N) is 2. The Kier molecular flexibility index (Phi) is 3.92. The van der Waals surface area contributed by atoms with Crippen LogP contribution in [0, 0.1) is 17.7 Å². The van der Waals surface area contributed by atoms with Gasteiger partial charge in [0.1, 0.15) is 5.82 Å². The second-order valence-electron chi connectivity index (χ2n) is 5.98. The van der Waals surface area contributed by atoms with Gasteiger partial charge in [-0.25, -0.2) is 4.39 Å². The number of carbonyl (C=O) groups excluding carboxylic acids is 1. The molecule has 3 nitrogen and oxygen atoms in total. The van der Waals surface area contributed by atoms with Gasteiger partial charge >= 0.3 is 0 Å². The molecule has 22 heavy (non-hydrogen) atoms. The van der Waals surface area contributed by atoms with E-state index in [1.807, 2.05) is 24.3 Å². The van der Waals surface area contributed by atoms with Crippen molar-refractivity contribution in [2.24, 2.45) is 11.8 Å². The lowest BCUT2D eigenvalue weighted by Crippen LogP contribution is -2.34. The Balaban J connectivity index is 1.98. The van der Waals surface area contributed by atoms with Crippen molar-refractivity contribution in [1.82, 2.24) is 9.88 Å². The van der Waals surface area contributed by atoms with Gasteiger partial charge in [0.15, 0.2) is 0 Å². The molecular formula is C18H19FN2O. The second-order valence-corrected chi connectivity index (χ2v) is 5.98. The molecule has 1 fully saturated rings. The molecule has 1 aromatic carbocycles. The van der Waals surface area contributed by atoms with E-state index in [9.17, 15) is 9.18 Å². The van der Waals surface area contributed by atoms with Gasteiger partial charge in [0.25, 0.3) is 0 Å². The molecular weight excluding hydrogens is 279 g/mol. The molecule has 0 saturated heterocycles. The molecule has 0 aliphatic heterocycles. The van der Waals surface area contributed by atoms with Crippen LogP contribution in [0.4, 0.5) is 4.39 Å². The van der Waals surface area contributed by atoms with Gasteiger partial charge < -0.3 is 4.90 Å². The third-order valence-electron chi connectivity index (χ3n) is 4.29. The van der Waals surface area contributed by atoms with E-state index in [1.165, 1.54) is 12.1 Å². The predicted octanol–water partition coefficient (Wildman–Crippen LogP) is 3.42. The molecule has 114 valence electrons. The van der Waals surface area contributed by atoms with Crippen molar-refractivity contribution in [3.05, 3.63) is 65.7 Å². The number of benzene rings is 1. The zero-order valence-corrected chi connectivity index (χ0v) is 12.7. The number of rotatable bonds is 4. The maximum absolute atomic E-state index is 13.6. The van der Waals surface area contributed by atoms with Crippen LogP contribution < -0.4 is 0 Å². The number of halogens is 1. The van der Waals surface area contributed by atoms with Crippen LogP contribution in [-0.4, -0.2) is 22.8 Å². The molecule has 2 aromatic rings. The average Bonchev–Trinajstić information content (AvgIpc) is 3.25. The molecule has 1 saturated carbocycles. The fourth-order valence-corrected chi connectivity index (χ4v) is 2.86. The van der Waals surface area contributed by atoms with Crippen LogP contribution in [0.15, 0.2) is 48.7 Å². The lowest BCUT2D eigenvalue weighted by molar-refractivity contribution is -0.133. The summed E-state index contributed by atoms with van der Waals surface area (Å²) in [6.07, 6.45) is 2.63. The molecule has 1 amide bonds. The summed E-state index contributed by atoms with van der Waals surface area (Å²) in [7, 11) is 1.78. The Morgan fingerprint density at radius 1 is 1.32 bits per heavy atom. The van der Waals surface area contributed by atoms with Gasteiger partial charge in [-0.05, 0) is 42.2 Å². The van der Waals surface area contributed by atoms with Crippen LogP contribution in [0.1, 0.15) is 30.6 Å². The Labute approximate surface area is 129 Å². The van der Waals surface area contributed by atoms with Gasteiger partial charge in [-0.2, -0.15) is 0 Å². The smallest absolute Gasteiger partial charge is 0.226 e. The van der Waals surface area contributed by atoms with Gasteiger partial charge in [0.05, 0.1) is 11.7 Å². The second kappa shape index (κ2) is 5.87. The van der Waals surface area contributed by atoms with Gasteiger partial charge in [-0.15, -0.1) is 0 Å². The van der Waals surface area contributed by atoms with Crippen molar-refractivity contribution in [3.8, 4) is 0 Å². The molecule has 3 rings (SSSR count). The van der Waals surface area contributed by atoms with Crippen LogP contribution in [0.2, 0.25) is 0 Å². The Morgan fingerprint density at radius 3 is 2.68 bits per heavy atom. The Hall–Kier alpha value is -2.23. The lowest BCUT2D eigenvalue weighted by Gasteiger charge is -2.28. The van der Waals surface area contributed by atoms with Crippen molar-refractivity contribution in [1.29, 1.82) is 0 Å². The molecule has 3 unspecified atom stereocenters. The zero-order chi connectivity index (χ0) is 15.7. The Morgan fingerprint density at radius 2 is 2.09 bits per heavy atom. The summed E-state index contributed by atoms with van der Waals surface area (Å²) in [5.74, 6) is 0.322. The standard InChI is InChI=1S/C18H19FN2O/c1-12-10-15(12)18(22)21(2)17(16-8-3-4-9-20-16)13-6-5-7-14(19)11-13/h3-9,11-12,15,17H,10H2,1-2H3. The lowest BCUT2D eigenvalue weighted by atomic mass is 10.0. The third-order valence-corrected chi connectivity index (χ3v) is 4.29. The highest BCUT2D eigenvalue weighted by Crippen LogP contribution is 2.41. The zero-order valence-electron chi connectivity index (χ0n) is 12.7. The Bertz CT molecular complexity index is 674. The summed E-state index contributed by atoms with van der Waals surface area (Å²) in [6, 6.07) is 11.6. The maximum atomic E-state index is 13.6. The number of hydrogen-bond acceptors (Lipinski definition) is 2. The molecule has 1 aromatic heterocycles. The van der Waals surface area contributed by atoms with Crippen molar-refractivity contribution in [2.75, 3.05) is 7.05 Å². The maximum Gasteiger partial charge on any atom is 0.226 e. The first-order valence-electron chi connectivity index (χ1n) is 7.51. The first-order chi connectivity index (χ1) is 10.6. The van der Waals surface area contributed by atoms with E-state index in [2.05, 4.69) is 11.9 Å². The highest BCUT2D eigenvalue weighted by molar-refractivity contribution is 5.82. The first kappa shape index (κ1) is 14.7. The number of amides is 1. The molecule has 3 atom stereocenters.